The van der Waals surface area contributed by atoms with E-state index in [1.54, 1.807) is 0 Å². The van der Waals surface area contributed by atoms with Gasteiger partial charge in [0, 0.05) is 5.54 Å². The summed E-state index contributed by atoms with van der Waals surface area (Å²) in [6, 6.07) is 0. The molecule has 0 unspecified atom stereocenters. The predicted molar refractivity (Wildman–Crippen MR) is 65.0 cm³/mol. The number of carbonyl (C=O) groups excluding carboxylic acids is 1. The number of hydrogen-bond donors (Lipinski definition) is 1. The van der Waals surface area contributed by atoms with Crippen LogP contribution in [0.2, 0.25) is 0 Å². The van der Waals surface area contributed by atoms with Gasteiger partial charge in [-0.25, -0.2) is 0 Å². The van der Waals surface area contributed by atoms with Gasteiger partial charge >= 0.3 is 5.97 Å². The number of ether oxygens (including phenoxy) is 1. The monoisotopic (exact) mass is 227 g/mol. The number of hydrogen-bond acceptors (Lipinski definition) is 3. The van der Waals surface area contributed by atoms with Crippen molar-refractivity contribution in [3.05, 3.63) is 0 Å². The minimum atomic E-state index is -0.632. The van der Waals surface area contributed by atoms with Crippen LogP contribution in [0.1, 0.15) is 53.4 Å². The fourth-order valence-electron chi connectivity index (χ4n) is 1.54. The zero-order valence-electron chi connectivity index (χ0n) is 11.0. The van der Waals surface area contributed by atoms with Crippen LogP contribution >= 0.6 is 0 Å². The van der Waals surface area contributed by atoms with E-state index in [4.69, 9.17) is 10.5 Å². The fourth-order valence-corrected chi connectivity index (χ4v) is 1.54. The Balaban J connectivity index is 2.33. The first kappa shape index (κ1) is 13.5. The van der Waals surface area contributed by atoms with E-state index in [1.807, 2.05) is 27.7 Å². The summed E-state index contributed by atoms with van der Waals surface area (Å²) in [5.74, 6) is 0.598. The molecule has 0 bridgehead atoms. The van der Waals surface area contributed by atoms with Crippen LogP contribution in [-0.4, -0.2) is 18.1 Å². The van der Waals surface area contributed by atoms with Crippen LogP contribution in [0.25, 0.3) is 0 Å². The maximum atomic E-state index is 11.9. The molecule has 0 aromatic rings. The van der Waals surface area contributed by atoms with Crippen molar-refractivity contribution >= 4 is 5.97 Å². The Kier molecular flexibility index (Phi) is 4.00. The van der Waals surface area contributed by atoms with Crippen molar-refractivity contribution in [2.45, 2.75) is 58.9 Å². The minimum absolute atomic E-state index is 0.181. The zero-order valence-corrected chi connectivity index (χ0v) is 11.0. The van der Waals surface area contributed by atoms with Gasteiger partial charge in [0.2, 0.25) is 0 Å². The van der Waals surface area contributed by atoms with E-state index < -0.39 is 11.0 Å². The first-order valence-electron chi connectivity index (χ1n) is 6.21. The lowest BCUT2D eigenvalue weighted by molar-refractivity contribution is -0.157. The van der Waals surface area contributed by atoms with E-state index >= 15 is 0 Å². The van der Waals surface area contributed by atoms with Crippen LogP contribution in [0.4, 0.5) is 0 Å². The summed E-state index contributed by atoms with van der Waals surface area (Å²) in [6.07, 6.45) is 4.93. The Bertz CT molecular complexity index is 249. The van der Waals surface area contributed by atoms with Gasteiger partial charge in [0.1, 0.15) is 0 Å². The van der Waals surface area contributed by atoms with E-state index in [1.165, 1.54) is 19.3 Å². The number of carbonyl (C=O) groups is 1. The summed E-state index contributed by atoms with van der Waals surface area (Å²) < 4.78 is 5.32. The van der Waals surface area contributed by atoms with Crippen LogP contribution < -0.4 is 5.73 Å². The lowest BCUT2D eigenvalue weighted by atomic mass is 9.75. The van der Waals surface area contributed by atoms with Gasteiger partial charge in [0.05, 0.1) is 12.0 Å². The van der Waals surface area contributed by atoms with Gasteiger partial charge in [0.25, 0.3) is 0 Å². The van der Waals surface area contributed by atoms with Crippen molar-refractivity contribution in [2.24, 2.45) is 17.1 Å². The fraction of sp³-hybridized carbons (Fsp3) is 0.923. The summed E-state index contributed by atoms with van der Waals surface area (Å²) in [5, 5.41) is 0. The average Bonchev–Trinajstić information content (AvgIpc) is 2.06. The molecular weight excluding hydrogens is 202 g/mol. The molecule has 0 amide bonds. The molecule has 1 aliphatic rings. The molecule has 0 aromatic heterocycles. The van der Waals surface area contributed by atoms with Gasteiger partial charge in [-0.2, -0.15) is 0 Å². The molecular formula is C13H25NO2. The van der Waals surface area contributed by atoms with Gasteiger partial charge in [-0.3, -0.25) is 4.79 Å². The molecule has 0 heterocycles. The van der Waals surface area contributed by atoms with Gasteiger partial charge in [0.15, 0.2) is 0 Å². The molecule has 1 fully saturated rings. The van der Waals surface area contributed by atoms with Crippen molar-refractivity contribution in [1.29, 1.82) is 0 Å². The maximum absolute atomic E-state index is 11.9. The third-order valence-corrected chi connectivity index (χ3v) is 4.11. The van der Waals surface area contributed by atoms with Gasteiger partial charge in [-0.1, -0.05) is 19.3 Å². The van der Waals surface area contributed by atoms with Crippen molar-refractivity contribution in [1.82, 2.24) is 0 Å². The highest BCUT2D eigenvalue weighted by molar-refractivity contribution is 5.77. The highest BCUT2D eigenvalue weighted by Gasteiger charge is 2.41. The second kappa shape index (κ2) is 4.74. The summed E-state index contributed by atoms with van der Waals surface area (Å²) in [7, 11) is 0. The number of rotatable bonds is 5. The smallest absolute Gasteiger partial charge is 0.313 e. The zero-order chi connectivity index (χ0) is 12.4. The molecule has 0 saturated heterocycles. The number of esters is 1. The second-order valence-electron chi connectivity index (χ2n) is 6.07. The highest BCUT2D eigenvalue weighted by Crippen LogP contribution is 2.31. The summed E-state index contributed by atoms with van der Waals surface area (Å²) in [4.78, 5) is 11.9. The Morgan fingerprint density at radius 1 is 1.31 bits per heavy atom. The van der Waals surface area contributed by atoms with E-state index in [0.717, 1.165) is 12.3 Å². The molecule has 1 saturated carbocycles. The third-order valence-electron chi connectivity index (χ3n) is 4.11. The minimum Gasteiger partial charge on any atom is -0.465 e. The molecule has 3 heteroatoms. The van der Waals surface area contributed by atoms with Crippen LogP contribution in [0, 0.1) is 11.3 Å². The first-order chi connectivity index (χ1) is 7.25. The standard InChI is InChI=1S/C13H25NO2/c1-12(2,13(3,4)14)11(15)16-9-8-10-6-5-7-10/h10H,5-9,14H2,1-4H3. The second-order valence-corrected chi connectivity index (χ2v) is 6.07. The van der Waals surface area contributed by atoms with Crippen molar-refractivity contribution < 1.29 is 9.53 Å². The quantitative estimate of drug-likeness (QED) is 0.734. The SMILES string of the molecule is CC(C)(N)C(C)(C)C(=O)OCCC1CCC1. The molecule has 94 valence electrons. The first-order valence-corrected chi connectivity index (χ1v) is 6.21. The molecule has 0 aliphatic heterocycles. The Morgan fingerprint density at radius 3 is 2.25 bits per heavy atom. The van der Waals surface area contributed by atoms with Gasteiger partial charge in [-0.15, -0.1) is 0 Å². The lowest BCUT2D eigenvalue weighted by Gasteiger charge is -2.36. The molecule has 0 spiro atoms. The molecule has 0 radical (unpaired) electrons. The predicted octanol–water partition coefficient (Wildman–Crippen LogP) is 2.48. The van der Waals surface area contributed by atoms with E-state index in [0.29, 0.717) is 6.61 Å². The molecule has 3 nitrogen and oxygen atoms in total. The molecule has 1 rings (SSSR count). The molecule has 0 atom stereocenters. The van der Waals surface area contributed by atoms with Gasteiger partial charge in [-0.05, 0) is 40.0 Å². The normalized spacial score (nSPS) is 18.1. The average molecular weight is 227 g/mol. The van der Waals surface area contributed by atoms with E-state index in [-0.39, 0.29) is 5.97 Å². The van der Waals surface area contributed by atoms with E-state index in [9.17, 15) is 4.79 Å². The lowest BCUT2D eigenvalue weighted by Crippen LogP contribution is -2.52. The Hall–Kier alpha value is -0.570. The molecule has 2 N–H and O–H groups in total. The Morgan fingerprint density at radius 2 is 1.88 bits per heavy atom. The van der Waals surface area contributed by atoms with Crippen LogP contribution in [0.5, 0.6) is 0 Å². The van der Waals surface area contributed by atoms with Crippen molar-refractivity contribution in [3.63, 3.8) is 0 Å². The van der Waals surface area contributed by atoms with Crippen LogP contribution in [0.3, 0.4) is 0 Å². The topological polar surface area (TPSA) is 52.3 Å². The summed E-state index contributed by atoms with van der Waals surface area (Å²) in [5.41, 5.74) is 4.79. The highest BCUT2D eigenvalue weighted by atomic mass is 16.5. The van der Waals surface area contributed by atoms with Crippen molar-refractivity contribution in [2.75, 3.05) is 6.61 Å². The Labute approximate surface area is 98.7 Å². The molecule has 1 aliphatic carbocycles. The number of nitrogens with two attached hydrogens (primary N) is 1. The third kappa shape index (κ3) is 2.97. The van der Waals surface area contributed by atoms with Crippen LogP contribution in [0.15, 0.2) is 0 Å². The largest absolute Gasteiger partial charge is 0.465 e. The molecule has 16 heavy (non-hydrogen) atoms. The summed E-state index contributed by atoms with van der Waals surface area (Å²) >= 11 is 0. The van der Waals surface area contributed by atoms with Crippen LogP contribution in [-0.2, 0) is 9.53 Å². The van der Waals surface area contributed by atoms with Crippen molar-refractivity contribution in [3.8, 4) is 0 Å². The van der Waals surface area contributed by atoms with Gasteiger partial charge < -0.3 is 10.5 Å². The molecule has 0 aromatic carbocycles. The summed E-state index contributed by atoms with van der Waals surface area (Å²) in [6.45, 7) is 7.96. The maximum Gasteiger partial charge on any atom is 0.313 e. The van der Waals surface area contributed by atoms with E-state index in [2.05, 4.69) is 0 Å².